The van der Waals surface area contributed by atoms with Gasteiger partial charge >= 0.3 is 0 Å². The fourth-order valence-corrected chi connectivity index (χ4v) is 2.07. The molecule has 0 saturated carbocycles. The summed E-state index contributed by atoms with van der Waals surface area (Å²) < 4.78 is 10.3. The highest BCUT2D eigenvalue weighted by molar-refractivity contribution is 6.30. The number of hydrogen-bond acceptors (Lipinski definition) is 5. The molecule has 0 amide bonds. The van der Waals surface area contributed by atoms with Gasteiger partial charge in [-0.2, -0.15) is 15.2 Å². The molecule has 1 aromatic heterocycles. The first-order valence-corrected chi connectivity index (χ1v) is 6.56. The molecule has 0 bridgehead atoms. The number of halogens is 1. The van der Waals surface area contributed by atoms with Gasteiger partial charge in [0, 0.05) is 5.02 Å². The van der Waals surface area contributed by atoms with Gasteiger partial charge in [-0.05, 0) is 24.6 Å². The number of nitriles is 1. The molecule has 0 saturated heterocycles. The number of hydrogen-bond donors (Lipinski definition) is 0. The molecular weight excluding hydrogens is 290 g/mol. The van der Waals surface area contributed by atoms with Crippen LogP contribution in [0.5, 0.6) is 11.8 Å². The van der Waals surface area contributed by atoms with Crippen LogP contribution in [0.2, 0.25) is 5.02 Å². The van der Waals surface area contributed by atoms with E-state index >= 15 is 0 Å². The third-order valence-electron chi connectivity index (χ3n) is 3.17. The van der Waals surface area contributed by atoms with E-state index in [1.165, 1.54) is 14.2 Å². The highest BCUT2D eigenvalue weighted by Gasteiger charge is 2.33. The van der Waals surface area contributed by atoms with Crippen molar-refractivity contribution < 1.29 is 9.47 Å². The van der Waals surface area contributed by atoms with Crippen molar-refractivity contribution in [2.45, 2.75) is 12.3 Å². The van der Waals surface area contributed by atoms with Crippen LogP contribution in [0.25, 0.3) is 0 Å². The maximum Gasteiger partial charge on any atom is 0.220 e. The molecule has 0 aliphatic rings. The van der Waals surface area contributed by atoms with Gasteiger partial charge in [0.25, 0.3) is 0 Å². The van der Waals surface area contributed by atoms with Gasteiger partial charge in [-0.1, -0.05) is 23.7 Å². The van der Waals surface area contributed by atoms with Crippen molar-refractivity contribution >= 4 is 11.6 Å². The summed E-state index contributed by atoms with van der Waals surface area (Å²) in [7, 11) is 2.99. The Balaban J connectivity index is 2.63. The van der Waals surface area contributed by atoms with Crippen molar-refractivity contribution in [1.29, 1.82) is 5.26 Å². The molecule has 1 atom stereocenters. The van der Waals surface area contributed by atoms with Gasteiger partial charge in [-0.15, -0.1) is 0 Å². The van der Waals surface area contributed by atoms with E-state index in [9.17, 15) is 5.26 Å². The fourth-order valence-electron chi connectivity index (χ4n) is 1.88. The molecule has 6 heteroatoms. The van der Waals surface area contributed by atoms with Crippen molar-refractivity contribution in [3.63, 3.8) is 0 Å². The molecule has 0 N–H and O–H groups in total. The molecule has 0 spiro atoms. The molecule has 108 valence electrons. The standard InChI is InChI=1S/C15H14ClN3O2/c1-15(9-17,10-5-4-6-11(16)7-10)14-18-12(20-2)8-13(19-14)21-3/h4-8H,1-3H3. The fraction of sp³-hybridized carbons (Fsp3) is 0.267. The van der Waals surface area contributed by atoms with Crippen LogP contribution in [-0.4, -0.2) is 24.2 Å². The SMILES string of the molecule is COc1cc(OC)nc(C(C)(C#N)c2cccc(Cl)c2)n1. The Morgan fingerprint density at radius 3 is 2.24 bits per heavy atom. The third kappa shape index (κ3) is 2.91. The summed E-state index contributed by atoms with van der Waals surface area (Å²) in [5.74, 6) is 0.962. The van der Waals surface area contributed by atoms with Crippen LogP contribution < -0.4 is 9.47 Å². The van der Waals surface area contributed by atoms with E-state index < -0.39 is 5.41 Å². The Kier molecular flexibility index (Phi) is 4.29. The summed E-state index contributed by atoms with van der Waals surface area (Å²) in [5, 5.41) is 10.2. The second kappa shape index (κ2) is 5.98. The van der Waals surface area contributed by atoms with E-state index in [0.29, 0.717) is 28.2 Å². The Bertz CT molecular complexity index is 677. The lowest BCUT2D eigenvalue weighted by atomic mass is 9.83. The quantitative estimate of drug-likeness (QED) is 0.868. The van der Waals surface area contributed by atoms with Crippen LogP contribution in [0, 0.1) is 11.3 Å². The zero-order valence-electron chi connectivity index (χ0n) is 11.9. The lowest BCUT2D eigenvalue weighted by Gasteiger charge is -2.21. The number of benzene rings is 1. The summed E-state index contributed by atoms with van der Waals surface area (Å²) in [6.07, 6.45) is 0. The first-order chi connectivity index (χ1) is 10.0. The molecule has 1 aromatic carbocycles. The predicted molar refractivity (Wildman–Crippen MR) is 78.7 cm³/mol. The highest BCUT2D eigenvalue weighted by atomic mass is 35.5. The normalized spacial score (nSPS) is 13.1. The molecule has 1 heterocycles. The molecule has 5 nitrogen and oxygen atoms in total. The molecule has 21 heavy (non-hydrogen) atoms. The molecule has 0 aliphatic heterocycles. The minimum absolute atomic E-state index is 0.295. The summed E-state index contributed by atoms with van der Waals surface area (Å²) in [6.45, 7) is 1.73. The maximum atomic E-state index is 9.66. The van der Waals surface area contributed by atoms with Crippen molar-refractivity contribution in [2.24, 2.45) is 0 Å². The average molecular weight is 304 g/mol. The number of rotatable bonds is 4. The topological polar surface area (TPSA) is 68.0 Å². The molecular formula is C15H14ClN3O2. The Morgan fingerprint density at radius 2 is 1.76 bits per heavy atom. The third-order valence-corrected chi connectivity index (χ3v) is 3.41. The van der Waals surface area contributed by atoms with Crippen molar-refractivity contribution in [2.75, 3.05) is 14.2 Å². The molecule has 2 aromatic rings. The second-order valence-electron chi connectivity index (χ2n) is 4.52. The molecule has 0 aliphatic carbocycles. The first kappa shape index (κ1) is 15.1. The number of ether oxygens (including phenoxy) is 2. The molecule has 2 rings (SSSR count). The van der Waals surface area contributed by atoms with E-state index in [-0.39, 0.29) is 0 Å². The second-order valence-corrected chi connectivity index (χ2v) is 4.96. The number of methoxy groups -OCH3 is 2. The molecule has 1 unspecified atom stereocenters. The number of aromatic nitrogens is 2. The van der Waals surface area contributed by atoms with Gasteiger partial charge in [0.1, 0.15) is 5.41 Å². The Labute approximate surface area is 128 Å². The van der Waals surface area contributed by atoms with Gasteiger partial charge in [0.2, 0.25) is 11.8 Å². The van der Waals surface area contributed by atoms with Gasteiger partial charge in [-0.3, -0.25) is 0 Å². The van der Waals surface area contributed by atoms with Gasteiger partial charge in [0.05, 0.1) is 26.4 Å². The Morgan fingerprint density at radius 1 is 1.14 bits per heavy atom. The van der Waals surface area contributed by atoms with E-state index in [1.807, 2.05) is 6.07 Å². The van der Waals surface area contributed by atoms with Gasteiger partial charge < -0.3 is 9.47 Å². The minimum atomic E-state index is -1.06. The van der Waals surface area contributed by atoms with Crippen LogP contribution in [0.1, 0.15) is 18.3 Å². The molecule has 0 radical (unpaired) electrons. The van der Waals surface area contributed by atoms with E-state index in [2.05, 4.69) is 16.0 Å². The zero-order valence-corrected chi connectivity index (χ0v) is 12.7. The summed E-state index contributed by atoms with van der Waals surface area (Å²) in [6, 6.07) is 10.9. The van der Waals surface area contributed by atoms with Crippen LogP contribution in [-0.2, 0) is 5.41 Å². The van der Waals surface area contributed by atoms with Crippen molar-refractivity contribution in [1.82, 2.24) is 9.97 Å². The zero-order chi connectivity index (χ0) is 15.5. The average Bonchev–Trinajstić information content (AvgIpc) is 2.53. The van der Waals surface area contributed by atoms with Crippen LogP contribution in [0.15, 0.2) is 30.3 Å². The molecule has 0 fully saturated rings. The minimum Gasteiger partial charge on any atom is -0.481 e. The largest absolute Gasteiger partial charge is 0.481 e. The van der Waals surface area contributed by atoms with Crippen molar-refractivity contribution in [3.05, 3.63) is 46.7 Å². The van der Waals surface area contributed by atoms with E-state index in [4.69, 9.17) is 21.1 Å². The number of nitrogens with zero attached hydrogens (tertiary/aromatic N) is 3. The monoisotopic (exact) mass is 303 g/mol. The van der Waals surface area contributed by atoms with E-state index in [1.54, 1.807) is 31.2 Å². The maximum absolute atomic E-state index is 9.66. The predicted octanol–water partition coefficient (Wildman–Crippen LogP) is 2.98. The Hall–Kier alpha value is -2.32. The first-order valence-electron chi connectivity index (χ1n) is 6.18. The highest BCUT2D eigenvalue weighted by Crippen LogP contribution is 2.32. The summed E-state index contributed by atoms with van der Waals surface area (Å²) >= 11 is 6.01. The van der Waals surface area contributed by atoms with Crippen molar-refractivity contribution in [3.8, 4) is 17.8 Å². The lowest BCUT2D eigenvalue weighted by Crippen LogP contribution is -2.25. The van der Waals surface area contributed by atoms with Gasteiger partial charge in [-0.25, -0.2) is 0 Å². The smallest absolute Gasteiger partial charge is 0.220 e. The summed E-state index contributed by atoms with van der Waals surface area (Å²) in [5.41, 5.74) is -0.361. The summed E-state index contributed by atoms with van der Waals surface area (Å²) in [4.78, 5) is 8.54. The van der Waals surface area contributed by atoms with Crippen LogP contribution in [0.4, 0.5) is 0 Å². The lowest BCUT2D eigenvalue weighted by molar-refractivity contribution is 0.365. The van der Waals surface area contributed by atoms with Gasteiger partial charge in [0.15, 0.2) is 5.82 Å². The van der Waals surface area contributed by atoms with Crippen LogP contribution >= 0.6 is 11.6 Å². The van der Waals surface area contributed by atoms with E-state index in [0.717, 1.165) is 0 Å². The van der Waals surface area contributed by atoms with Crippen LogP contribution in [0.3, 0.4) is 0 Å².